The number of hydrogen-bond acceptors (Lipinski definition) is 5. The molecule has 39 heavy (non-hydrogen) atoms. The number of anilines is 1. The van der Waals surface area contributed by atoms with Gasteiger partial charge in [0.2, 0.25) is 0 Å². The van der Waals surface area contributed by atoms with E-state index in [1.54, 1.807) is 6.07 Å². The molecule has 2 N–H and O–H groups in total. The Balaban J connectivity index is 2.15. The minimum absolute atomic E-state index is 0.242. The van der Waals surface area contributed by atoms with E-state index >= 15 is 0 Å². The summed E-state index contributed by atoms with van der Waals surface area (Å²) in [4.78, 5) is 8.22. The van der Waals surface area contributed by atoms with Crippen molar-refractivity contribution in [3.05, 3.63) is 67.2 Å². The van der Waals surface area contributed by atoms with Gasteiger partial charge in [0.15, 0.2) is 16.6 Å². The second-order valence-electron chi connectivity index (χ2n) is 7.35. The van der Waals surface area contributed by atoms with Gasteiger partial charge in [0.25, 0.3) is 0 Å². The number of rotatable bonds is 7. The van der Waals surface area contributed by atoms with Crippen molar-refractivity contribution in [2.24, 2.45) is 4.99 Å². The quantitative estimate of drug-likeness (QED) is 0.121. The van der Waals surface area contributed by atoms with Crippen molar-refractivity contribution in [2.45, 2.75) is 23.2 Å². The van der Waals surface area contributed by atoms with Crippen molar-refractivity contribution < 1.29 is 35.4 Å². The van der Waals surface area contributed by atoms with E-state index in [1.807, 2.05) is 0 Å². The smallest absolute Gasteiger partial charge is 0.372 e. The molecule has 2 aromatic carbocycles. The molecule has 0 radical (unpaired) electrons. The van der Waals surface area contributed by atoms with Crippen molar-refractivity contribution in [3.8, 4) is 5.69 Å². The Morgan fingerprint density at radius 3 is 2.08 bits per heavy atom. The molecule has 18 heteroatoms. The van der Waals surface area contributed by atoms with Crippen LogP contribution in [0.25, 0.3) is 5.69 Å². The Morgan fingerprint density at radius 1 is 1.05 bits per heavy atom. The summed E-state index contributed by atoms with van der Waals surface area (Å²) in [5.74, 6) is -0.971. The standard InChI is InChI=1S/C21H15Cl4F6N5O2S/c1-32-18(35-38-8-10-11(22)4-3-5-12(10)23)15-17(39(37)21(29,30)31)19(33-2)36(34-15)16-13(24)6-9(7-14(16)25)20(26,27)28/h3-7,33H,8H2,1-2H3,(H,32,35). The van der Waals surface area contributed by atoms with Gasteiger partial charge in [-0.15, -0.1) is 0 Å². The van der Waals surface area contributed by atoms with Crippen LogP contribution < -0.4 is 10.8 Å². The Kier molecular flexibility index (Phi) is 9.71. The number of alkyl halides is 6. The lowest BCUT2D eigenvalue weighted by Crippen LogP contribution is -2.28. The van der Waals surface area contributed by atoms with Gasteiger partial charge in [-0.2, -0.15) is 31.4 Å². The largest absolute Gasteiger partial charge is 0.476 e. The molecule has 212 valence electrons. The molecule has 1 heterocycles. The van der Waals surface area contributed by atoms with Crippen molar-refractivity contribution in [1.29, 1.82) is 0 Å². The summed E-state index contributed by atoms with van der Waals surface area (Å²) in [5, 5.41) is 5.72. The van der Waals surface area contributed by atoms with Crippen LogP contribution in [0.4, 0.5) is 32.2 Å². The number of aliphatic imine (C=N–C) groups is 1. The molecule has 1 unspecified atom stereocenters. The number of hydroxylamine groups is 1. The van der Waals surface area contributed by atoms with Gasteiger partial charge in [-0.25, -0.2) is 14.4 Å². The number of amidine groups is 1. The molecule has 3 rings (SSSR count). The summed E-state index contributed by atoms with van der Waals surface area (Å²) in [6, 6.07) is 5.69. The first-order chi connectivity index (χ1) is 18.1. The zero-order chi connectivity index (χ0) is 29.3. The van der Waals surface area contributed by atoms with E-state index in [4.69, 9.17) is 51.2 Å². The van der Waals surface area contributed by atoms with Gasteiger partial charge in [-0.1, -0.05) is 52.5 Å². The predicted octanol–water partition coefficient (Wildman–Crippen LogP) is 7.27. The van der Waals surface area contributed by atoms with Crippen LogP contribution in [0.3, 0.4) is 0 Å². The Labute approximate surface area is 239 Å². The van der Waals surface area contributed by atoms with E-state index in [9.17, 15) is 30.6 Å². The fourth-order valence-corrected chi connectivity index (χ4v) is 5.27. The van der Waals surface area contributed by atoms with Crippen molar-refractivity contribution in [2.75, 3.05) is 19.4 Å². The Bertz CT molecular complexity index is 1400. The fourth-order valence-electron chi connectivity index (χ4n) is 3.21. The molecule has 1 atom stereocenters. The highest BCUT2D eigenvalue weighted by atomic mass is 35.5. The molecule has 0 saturated heterocycles. The predicted molar refractivity (Wildman–Crippen MR) is 137 cm³/mol. The molecule has 0 bridgehead atoms. The number of halogens is 10. The molecule has 7 nitrogen and oxygen atoms in total. The Morgan fingerprint density at radius 2 is 1.62 bits per heavy atom. The summed E-state index contributed by atoms with van der Waals surface area (Å²) < 4.78 is 93.9. The molecule has 0 saturated carbocycles. The lowest BCUT2D eigenvalue weighted by Gasteiger charge is -2.15. The lowest BCUT2D eigenvalue weighted by molar-refractivity contribution is -0.137. The van der Waals surface area contributed by atoms with E-state index in [1.165, 1.54) is 26.2 Å². The van der Waals surface area contributed by atoms with Gasteiger partial charge in [-0.3, -0.25) is 9.83 Å². The van der Waals surface area contributed by atoms with Crippen LogP contribution in [0.2, 0.25) is 20.1 Å². The second kappa shape index (κ2) is 12.1. The van der Waals surface area contributed by atoms with Crippen LogP contribution in [0.5, 0.6) is 0 Å². The normalized spacial score (nSPS) is 13.5. The number of nitrogens with one attached hydrogen (secondary N) is 2. The average Bonchev–Trinajstić information content (AvgIpc) is 3.19. The van der Waals surface area contributed by atoms with Gasteiger partial charge in [0.1, 0.15) is 28.7 Å². The molecular weight excluding hydrogens is 642 g/mol. The van der Waals surface area contributed by atoms with Crippen LogP contribution in [-0.2, 0) is 28.4 Å². The molecular formula is C21H15Cl4F6N5O2S. The first kappa shape index (κ1) is 31.3. The molecule has 0 aliphatic carbocycles. The maximum absolute atomic E-state index is 13.7. The van der Waals surface area contributed by atoms with Crippen LogP contribution in [0.1, 0.15) is 16.8 Å². The van der Waals surface area contributed by atoms with Crippen LogP contribution >= 0.6 is 46.4 Å². The highest BCUT2D eigenvalue weighted by Gasteiger charge is 2.44. The first-order valence-corrected chi connectivity index (χ1v) is 12.9. The maximum Gasteiger partial charge on any atom is 0.476 e. The molecule has 0 aliphatic rings. The highest BCUT2D eigenvalue weighted by Crippen LogP contribution is 2.41. The third-order valence-corrected chi connectivity index (χ3v) is 7.39. The number of aromatic nitrogens is 2. The molecule has 0 spiro atoms. The summed E-state index contributed by atoms with van der Waals surface area (Å²) in [5.41, 5.74) is -4.86. The van der Waals surface area contributed by atoms with E-state index in [0.717, 1.165) is 0 Å². The third-order valence-electron chi connectivity index (χ3n) is 4.93. The number of benzene rings is 2. The van der Waals surface area contributed by atoms with E-state index in [-0.39, 0.29) is 16.7 Å². The van der Waals surface area contributed by atoms with Crippen molar-refractivity contribution >= 4 is 68.9 Å². The van der Waals surface area contributed by atoms with Crippen LogP contribution in [-0.4, -0.2) is 39.4 Å². The molecule has 3 aromatic rings. The number of nitrogens with zero attached hydrogens (tertiary/aromatic N) is 3. The van der Waals surface area contributed by atoms with Crippen molar-refractivity contribution in [3.63, 3.8) is 0 Å². The molecule has 1 aromatic heterocycles. The zero-order valence-electron chi connectivity index (χ0n) is 19.4. The van der Waals surface area contributed by atoms with Gasteiger partial charge in [-0.05, 0) is 24.3 Å². The number of hydrogen-bond donors (Lipinski definition) is 2. The lowest BCUT2D eigenvalue weighted by atomic mass is 10.2. The molecule has 0 aliphatic heterocycles. The monoisotopic (exact) mass is 655 g/mol. The summed E-state index contributed by atoms with van der Waals surface area (Å²) in [6.45, 7) is -0.272. The SMILES string of the molecule is CN=C(NOCc1c(Cl)cccc1Cl)c1nn(-c2c(Cl)cc(C(F)(F)F)cc2Cl)c(NC)c1S(=O)C(F)(F)F. The highest BCUT2D eigenvalue weighted by molar-refractivity contribution is 7.86. The van der Waals surface area contributed by atoms with Gasteiger partial charge in [0, 0.05) is 29.7 Å². The van der Waals surface area contributed by atoms with E-state index in [2.05, 4.69) is 20.9 Å². The van der Waals surface area contributed by atoms with Gasteiger partial charge >= 0.3 is 11.7 Å². The minimum atomic E-state index is -5.27. The zero-order valence-corrected chi connectivity index (χ0v) is 23.3. The Hall–Kier alpha value is -2.23. The average molecular weight is 657 g/mol. The van der Waals surface area contributed by atoms with Crippen LogP contribution in [0.15, 0.2) is 40.2 Å². The minimum Gasteiger partial charge on any atom is -0.372 e. The maximum atomic E-state index is 13.7. The third kappa shape index (κ3) is 6.74. The van der Waals surface area contributed by atoms with Crippen molar-refractivity contribution in [1.82, 2.24) is 15.3 Å². The van der Waals surface area contributed by atoms with Gasteiger partial charge < -0.3 is 5.32 Å². The second-order valence-corrected chi connectivity index (χ2v) is 10.4. The summed E-state index contributed by atoms with van der Waals surface area (Å²) >= 11 is 24.3. The van der Waals surface area contributed by atoms with E-state index in [0.29, 0.717) is 22.4 Å². The summed E-state index contributed by atoms with van der Waals surface area (Å²) in [6.07, 6.45) is -4.82. The van der Waals surface area contributed by atoms with E-state index < -0.39 is 66.0 Å². The topological polar surface area (TPSA) is 80.5 Å². The van der Waals surface area contributed by atoms with Crippen LogP contribution in [0, 0.1) is 0 Å². The first-order valence-electron chi connectivity index (χ1n) is 10.3. The summed E-state index contributed by atoms with van der Waals surface area (Å²) in [7, 11) is -1.37. The molecule has 0 amide bonds. The van der Waals surface area contributed by atoms with Gasteiger partial charge in [0.05, 0.1) is 15.6 Å². The molecule has 0 fully saturated rings. The fraction of sp³-hybridized carbons (Fsp3) is 0.238.